The molecule has 0 aromatic heterocycles. The van der Waals surface area contributed by atoms with E-state index in [1.54, 1.807) is 12.1 Å². The molecule has 1 heterocycles. The molecule has 0 radical (unpaired) electrons. The van der Waals surface area contributed by atoms with Gasteiger partial charge < -0.3 is 5.11 Å². The predicted molar refractivity (Wildman–Crippen MR) is 90.0 cm³/mol. The Kier molecular flexibility index (Phi) is 2.87. The van der Waals surface area contributed by atoms with Crippen LogP contribution in [-0.4, -0.2) is 28.1 Å². The molecule has 4 aliphatic carbocycles. The van der Waals surface area contributed by atoms with Gasteiger partial charge in [0, 0.05) is 0 Å². The van der Waals surface area contributed by atoms with Crippen molar-refractivity contribution in [1.82, 2.24) is 5.01 Å². The van der Waals surface area contributed by atoms with Crippen LogP contribution >= 0.6 is 15.9 Å². The van der Waals surface area contributed by atoms with E-state index in [4.69, 9.17) is 0 Å². The first-order valence-corrected chi connectivity index (χ1v) is 8.94. The number of rotatable bonds is 2. The second-order valence-corrected chi connectivity index (χ2v) is 7.95. The second-order valence-electron chi connectivity index (χ2n) is 7.10. The fraction of sp³-hybridized carbons (Fsp3) is 0.389. The molecule has 5 nitrogen and oxygen atoms in total. The van der Waals surface area contributed by atoms with Gasteiger partial charge in [-0.3, -0.25) is 9.59 Å². The number of halogens is 1. The van der Waals surface area contributed by atoms with Crippen molar-refractivity contribution in [3.05, 3.63) is 40.4 Å². The third kappa shape index (κ3) is 1.83. The Balaban J connectivity index is 1.44. The molecule has 1 N–H and O–H groups in total. The van der Waals surface area contributed by atoms with E-state index in [1.165, 1.54) is 12.3 Å². The molecule has 1 aromatic carbocycles. The summed E-state index contributed by atoms with van der Waals surface area (Å²) in [5.74, 6) is 0.972. The van der Waals surface area contributed by atoms with Crippen molar-refractivity contribution in [3.8, 4) is 5.75 Å². The highest BCUT2D eigenvalue weighted by Gasteiger charge is 2.67. The van der Waals surface area contributed by atoms with Gasteiger partial charge in [-0.1, -0.05) is 12.2 Å². The number of hydrogen-bond donors (Lipinski definition) is 1. The van der Waals surface area contributed by atoms with Gasteiger partial charge in [0.1, 0.15) is 5.75 Å². The van der Waals surface area contributed by atoms with Gasteiger partial charge in [0.25, 0.3) is 11.8 Å². The molecular formula is C18H15BrN2O3. The summed E-state index contributed by atoms with van der Waals surface area (Å²) in [5.41, 5.74) is 0.707. The Morgan fingerprint density at radius 1 is 1.12 bits per heavy atom. The molecule has 2 bridgehead atoms. The van der Waals surface area contributed by atoms with E-state index in [0.717, 1.165) is 11.4 Å². The third-order valence-electron chi connectivity index (χ3n) is 5.93. The molecule has 122 valence electrons. The van der Waals surface area contributed by atoms with Gasteiger partial charge >= 0.3 is 0 Å². The summed E-state index contributed by atoms with van der Waals surface area (Å²) in [6, 6.07) is 4.91. The Bertz CT molecular complexity index is 798. The van der Waals surface area contributed by atoms with Gasteiger partial charge in [-0.05, 0) is 69.8 Å². The Morgan fingerprint density at radius 3 is 2.33 bits per heavy atom. The van der Waals surface area contributed by atoms with Crippen molar-refractivity contribution in [2.45, 2.75) is 6.42 Å². The van der Waals surface area contributed by atoms with E-state index in [2.05, 4.69) is 33.2 Å². The third-order valence-corrected chi connectivity index (χ3v) is 6.57. The summed E-state index contributed by atoms with van der Waals surface area (Å²) in [6.07, 6.45) is 6.94. The van der Waals surface area contributed by atoms with Crippen LogP contribution in [0.25, 0.3) is 0 Å². The first-order valence-electron chi connectivity index (χ1n) is 8.15. The molecule has 2 amide bonds. The van der Waals surface area contributed by atoms with Crippen molar-refractivity contribution >= 4 is 34.0 Å². The van der Waals surface area contributed by atoms with Gasteiger partial charge in [-0.15, -0.1) is 0 Å². The number of aromatic hydroxyl groups is 1. The highest BCUT2D eigenvalue weighted by Crippen LogP contribution is 2.65. The van der Waals surface area contributed by atoms with E-state index in [9.17, 15) is 14.7 Å². The summed E-state index contributed by atoms with van der Waals surface area (Å²) < 4.78 is 0.543. The largest absolute Gasteiger partial charge is 0.507 e. The minimum atomic E-state index is -0.222. The van der Waals surface area contributed by atoms with Gasteiger partial charge in [0.05, 0.1) is 22.5 Å². The zero-order chi connectivity index (χ0) is 16.6. The zero-order valence-electron chi connectivity index (χ0n) is 12.7. The van der Waals surface area contributed by atoms with E-state index < -0.39 is 0 Å². The van der Waals surface area contributed by atoms with Crippen LogP contribution in [0.4, 0.5) is 0 Å². The lowest BCUT2D eigenvalue weighted by Crippen LogP contribution is -2.40. The summed E-state index contributed by atoms with van der Waals surface area (Å²) in [5, 5.41) is 14.8. The molecule has 3 fully saturated rings. The number of phenolic OH excluding ortho intramolecular Hbond substituents is 1. The lowest BCUT2D eigenvalue weighted by Gasteiger charge is -2.37. The molecule has 6 heteroatoms. The van der Waals surface area contributed by atoms with E-state index in [-0.39, 0.29) is 41.2 Å². The number of benzene rings is 1. The highest BCUT2D eigenvalue weighted by molar-refractivity contribution is 9.10. The van der Waals surface area contributed by atoms with Crippen LogP contribution in [0.5, 0.6) is 5.75 Å². The van der Waals surface area contributed by atoms with Gasteiger partial charge in [0.2, 0.25) is 0 Å². The Morgan fingerprint density at radius 2 is 1.75 bits per heavy atom. The van der Waals surface area contributed by atoms with Crippen LogP contribution in [0.15, 0.2) is 39.9 Å². The topological polar surface area (TPSA) is 70.0 Å². The number of hydrazone groups is 1. The molecule has 5 aliphatic rings. The molecule has 1 aliphatic heterocycles. The molecule has 2 saturated carbocycles. The van der Waals surface area contributed by atoms with Gasteiger partial charge in [-0.2, -0.15) is 10.1 Å². The fourth-order valence-corrected chi connectivity index (χ4v) is 5.18. The quantitative estimate of drug-likeness (QED) is 0.482. The number of nitrogens with zero attached hydrogens (tertiary/aromatic N) is 2. The number of carbonyl (C=O) groups is 2. The molecule has 0 unspecified atom stereocenters. The molecule has 6 rings (SSSR count). The van der Waals surface area contributed by atoms with Crippen LogP contribution in [0.2, 0.25) is 0 Å². The predicted octanol–water partition coefficient (Wildman–Crippen LogP) is 2.54. The normalized spacial score (nSPS) is 38.8. The molecule has 24 heavy (non-hydrogen) atoms. The van der Waals surface area contributed by atoms with Crippen molar-refractivity contribution < 1.29 is 14.7 Å². The average molecular weight is 387 g/mol. The number of amides is 2. The van der Waals surface area contributed by atoms with Crippen molar-refractivity contribution in [2.75, 3.05) is 0 Å². The maximum atomic E-state index is 12.8. The number of hydrogen-bond acceptors (Lipinski definition) is 4. The highest BCUT2D eigenvalue weighted by atomic mass is 79.9. The van der Waals surface area contributed by atoms with E-state index >= 15 is 0 Å². The number of carbonyl (C=O) groups excluding carboxylic acids is 2. The lowest BCUT2D eigenvalue weighted by molar-refractivity contribution is -0.140. The van der Waals surface area contributed by atoms with Crippen LogP contribution < -0.4 is 0 Å². The van der Waals surface area contributed by atoms with Crippen molar-refractivity contribution in [1.29, 1.82) is 0 Å². The maximum absolute atomic E-state index is 12.8. The van der Waals surface area contributed by atoms with Crippen LogP contribution in [0.3, 0.4) is 0 Å². The summed E-state index contributed by atoms with van der Waals surface area (Å²) in [7, 11) is 0. The smallest absolute Gasteiger partial charge is 0.254 e. The molecular weight excluding hydrogens is 372 g/mol. The van der Waals surface area contributed by atoms with Crippen molar-refractivity contribution in [3.63, 3.8) is 0 Å². The fourth-order valence-electron chi connectivity index (χ4n) is 4.78. The summed E-state index contributed by atoms with van der Waals surface area (Å²) in [6.45, 7) is 0. The number of imide groups is 1. The number of allylic oxidation sites excluding steroid dienone is 2. The minimum absolute atomic E-state index is 0.133. The standard InChI is InChI=1S/C18H15BrN2O3/c19-13-5-8(1-4-14(13)22)7-20-21-17(23)15-9-2-3-10(12-6-11(9)12)16(15)18(21)24/h1-5,7,9-12,15-16,22H,6H2/b20-7-/t9-,10-,11-,12-,15-,16+/m1/s1. The van der Waals surface area contributed by atoms with Crippen LogP contribution in [-0.2, 0) is 9.59 Å². The average Bonchev–Trinajstić information content (AvgIpc) is 3.35. The van der Waals surface area contributed by atoms with Crippen molar-refractivity contribution in [2.24, 2.45) is 40.6 Å². The minimum Gasteiger partial charge on any atom is -0.507 e. The van der Waals surface area contributed by atoms with Crippen LogP contribution in [0, 0.1) is 35.5 Å². The number of phenols is 1. The SMILES string of the molecule is O=C1[C@@H]2[C@@H]3C=C[C@H]([C@H]4C[C@H]34)[C@@H]2C(=O)N1/N=C\c1ccc(O)c(Br)c1. The maximum Gasteiger partial charge on any atom is 0.254 e. The molecule has 1 saturated heterocycles. The van der Waals surface area contributed by atoms with E-state index in [1.807, 2.05) is 0 Å². The Labute approximate surface area is 147 Å². The second kappa shape index (κ2) is 4.79. The van der Waals surface area contributed by atoms with Crippen LogP contribution in [0.1, 0.15) is 12.0 Å². The summed E-state index contributed by atoms with van der Waals surface area (Å²) >= 11 is 3.24. The summed E-state index contributed by atoms with van der Waals surface area (Å²) in [4.78, 5) is 25.5. The monoisotopic (exact) mass is 386 g/mol. The molecule has 1 aromatic rings. The molecule has 0 spiro atoms. The van der Waals surface area contributed by atoms with Gasteiger partial charge in [0.15, 0.2) is 0 Å². The van der Waals surface area contributed by atoms with Gasteiger partial charge in [-0.25, -0.2) is 0 Å². The zero-order valence-corrected chi connectivity index (χ0v) is 14.3. The Hall–Kier alpha value is -1.95. The lowest BCUT2D eigenvalue weighted by atomic mass is 9.63. The first kappa shape index (κ1) is 14.4. The first-order chi connectivity index (χ1) is 11.6. The van der Waals surface area contributed by atoms with E-state index in [0.29, 0.717) is 21.9 Å². The molecule has 6 atom stereocenters.